The lowest BCUT2D eigenvalue weighted by Crippen LogP contribution is -2.55. The quantitative estimate of drug-likeness (QED) is 0.234. The monoisotopic (exact) mass is 481 g/mol. The lowest BCUT2D eigenvalue weighted by Gasteiger charge is -2.58. The highest BCUT2D eigenvalue weighted by Gasteiger charge is 2.66. The van der Waals surface area contributed by atoms with Crippen LogP contribution in [0.3, 0.4) is 0 Å². The van der Waals surface area contributed by atoms with Gasteiger partial charge in [0.25, 0.3) is 5.69 Å². The molecule has 4 aliphatic carbocycles. The van der Waals surface area contributed by atoms with Crippen LogP contribution < -0.4 is 0 Å². The second-order valence-corrected chi connectivity index (χ2v) is 11.8. The highest BCUT2D eigenvalue weighted by Crippen LogP contribution is 2.68. The Bertz CT molecular complexity index is 1060. The highest BCUT2D eigenvalue weighted by molar-refractivity contribution is 5.89. The molecule has 6 rings (SSSR count). The van der Waals surface area contributed by atoms with E-state index in [1.807, 2.05) is 0 Å². The van der Waals surface area contributed by atoms with Gasteiger partial charge in [-0.05, 0) is 73.8 Å². The summed E-state index contributed by atoms with van der Waals surface area (Å²) in [4.78, 5) is 23.1. The zero-order valence-electron chi connectivity index (χ0n) is 20.7. The van der Waals surface area contributed by atoms with Crippen molar-refractivity contribution in [2.45, 2.75) is 77.1 Å². The molecule has 0 radical (unpaired) electrons. The molecule has 1 saturated heterocycles. The van der Waals surface area contributed by atoms with Crippen molar-refractivity contribution < 1.29 is 23.9 Å². The standard InChI is InChI=1S/C28H35NO6/c1-26-12-9-21(35-25(30)18-3-6-20(7-4-18)29(31)32)17-19(26)5-8-22-23(26)10-13-27(2)24(22)11-14-28(27)33-15-16-34-28/h3-7,21-24H,8-17H2,1-2H3. The predicted molar refractivity (Wildman–Crippen MR) is 129 cm³/mol. The molecule has 0 aromatic heterocycles. The van der Waals surface area contributed by atoms with E-state index in [2.05, 4.69) is 19.9 Å². The van der Waals surface area contributed by atoms with Crippen molar-refractivity contribution >= 4 is 11.7 Å². The van der Waals surface area contributed by atoms with Crippen LogP contribution in [0, 0.1) is 38.7 Å². The van der Waals surface area contributed by atoms with Gasteiger partial charge in [0, 0.05) is 30.4 Å². The van der Waals surface area contributed by atoms with Crippen molar-refractivity contribution in [2.75, 3.05) is 13.2 Å². The Kier molecular flexibility index (Phi) is 5.38. The molecule has 1 heterocycles. The largest absolute Gasteiger partial charge is 0.458 e. The molecule has 1 spiro atoms. The molecular formula is C28H35NO6. The van der Waals surface area contributed by atoms with Crippen molar-refractivity contribution in [1.82, 2.24) is 0 Å². The van der Waals surface area contributed by atoms with Gasteiger partial charge in [-0.25, -0.2) is 4.79 Å². The van der Waals surface area contributed by atoms with E-state index in [9.17, 15) is 14.9 Å². The minimum absolute atomic E-state index is 0.0280. The Morgan fingerprint density at radius 1 is 1.03 bits per heavy atom. The Balaban J connectivity index is 1.16. The number of nitro groups is 1. The number of hydrogen-bond donors (Lipinski definition) is 0. The number of allylic oxidation sites excluding steroid dienone is 1. The third-order valence-corrected chi connectivity index (χ3v) is 10.4. The summed E-state index contributed by atoms with van der Waals surface area (Å²) in [7, 11) is 0. The van der Waals surface area contributed by atoms with Crippen LogP contribution >= 0.6 is 0 Å². The number of ether oxygens (including phenoxy) is 3. The number of rotatable bonds is 3. The SMILES string of the molecule is CC12CCC(OC(=O)c3ccc([N+](=O)[O-])cc3)CC1=CCC1C2CCC2(C)C1CCC21OCCO1. The number of hydrogen-bond acceptors (Lipinski definition) is 6. The summed E-state index contributed by atoms with van der Waals surface area (Å²) in [6.07, 6.45) is 10.6. The van der Waals surface area contributed by atoms with E-state index in [-0.39, 0.29) is 28.4 Å². The number of carbonyl (C=O) groups excluding carboxylic acids is 1. The van der Waals surface area contributed by atoms with Crippen molar-refractivity contribution in [3.63, 3.8) is 0 Å². The lowest BCUT2D eigenvalue weighted by molar-refractivity contribution is -0.384. The second kappa shape index (κ2) is 8.13. The van der Waals surface area contributed by atoms with E-state index in [0.29, 0.717) is 23.3 Å². The Hall–Kier alpha value is -2.25. The maximum absolute atomic E-state index is 12.7. The fourth-order valence-electron chi connectivity index (χ4n) is 8.55. The zero-order chi connectivity index (χ0) is 24.4. The maximum Gasteiger partial charge on any atom is 0.338 e. The zero-order valence-corrected chi connectivity index (χ0v) is 20.7. The smallest absolute Gasteiger partial charge is 0.338 e. The molecule has 1 aliphatic heterocycles. The first-order valence-electron chi connectivity index (χ1n) is 13.2. The number of esters is 1. The molecule has 7 heteroatoms. The third-order valence-electron chi connectivity index (χ3n) is 10.4. The van der Waals surface area contributed by atoms with Gasteiger partial charge in [0.05, 0.1) is 23.7 Å². The summed E-state index contributed by atoms with van der Waals surface area (Å²) in [6, 6.07) is 5.65. The van der Waals surface area contributed by atoms with E-state index in [1.54, 1.807) is 0 Å². The summed E-state index contributed by atoms with van der Waals surface area (Å²) < 4.78 is 18.4. The lowest BCUT2D eigenvalue weighted by atomic mass is 9.47. The molecular weight excluding hydrogens is 446 g/mol. The molecule has 1 aromatic carbocycles. The molecule has 6 atom stereocenters. The van der Waals surface area contributed by atoms with Crippen LogP contribution in [-0.4, -0.2) is 36.0 Å². The maximum atomic E-state index is 12.7. The number of nitro benzene ring substituents is 1. The van der Waals surface area contributed by atoms with Gasteiger partial charge in [-0.3, -0.25) is 10.1 Å². The average Bonchev–Trinajstić information content (AvgIpc) is 3.45. The van der Waals surface area contributed by atoms with Crippen LogP contribution in [0.1, 0.15) is 75.6 Å². The van der Waals surface area contributed by atoms with Gasteiger partial charge < -0.3 is 14.2 Å². The molecule has 1 aromatic rings. The molecule has 0 N–H and O–H groups in total. The van der Waals surface area contributed by atoms with Crippen molar-refractivity contribution in [3.05, 3.63) is 51.6 Å². The molecule has 6 unspecified atom stereocenters. The fraction of sp³-hybridized carbons (Fsp3) is 0.679. The van der Waals surface area contributed by atoms with Crippen LogP contribution in [0.15, 0.2) is 35.9 Å². The molecule has 5 aliphatic rings. The topological polar surface area (TPSA) is 87.9 Å². The Labute approximate surface area is 206 Å². The molecule has 0 bridgehead atoms. The molecule has 7 nitrogen and oxygen atoms in total. The van der Waals surface area contributed by atoms with Crippen LogP contribution in [-0.2, 0) is 14.2 Å². The summed E-state index contributed by atoms with van der Waals surface area (Å²) in [5.41, 5.74) is 2.05. The molecule has 3 saturated carbocycles. The number of fused-ring (bicyclic) bond motifs is 6. The van der Waals surface area contributed by atoms with Crippen LogP contribution in [0.2, 0.25) is 0 Å². The van der Waals surface area contributed by atoms with Gasteiger partial charge >= 0.3 is 5.97 Å². The minimum Gasteiger partial charge on any atom is -0.458 e. The number of nitrogens with zero attached hydrogens (tertiary/aromatic N) is 1. The summed E-state index contributed by atoms with van der Waals surface area (Å²) in [5, 5.41) is 10.9. The van der Waals surface area contributed by atoms with Gasteiger partial charge in [-0.2, -0.15) is 0 Å². The predicted octanol–water partition coefficient (Wildman–Crippen LogP) is 5.83. The normalized spacial score (nSPS) is 39.3. The van der Waals surface area contributed by atoms with Gasteiger partial charge in [-0.1, -0.05) is 25.5 Å². The summed E-state index contributed by atoms with van der Waals surface area (Å²) in [6.45, 7) is 6.30. The average molecular weight is 482 g/mol. The van der Waals surface area contributed by atoms with Crippen LogP contribution in [0.5, 0.6) is 0 Å². The third kappa shape index (κ3) is 3.41. The van der Waals surface area contributed by atoms with E-state index < -0.39 is 10.9 Å². The van der Waals surface area contributed by atoms with E-state index in [1.165, 1.54) is 42.7 Å². The number of carbonyl (C=O) groups is 1. The molecule has 0 amide bonds. The first-order chi connectivity index (χ1) is 16.8. The summed E-state index contributed by atoms with van der Waals surface area (Å²) >= 11 is 0. The summed E-state index contributed by atoms with van der Waals surface area (Å²) in [5.74, 6) is 1.19. The molecule has 35 heavy (non-hydrogen) atoms. The first-order valence-corrected chi connectivity index (χ1v) is 13.2. The first kappa shape index (κ1) is 23.2. The van der Waals surface area contributed by atoms with E-state index in [0.717, 1.165) is 51.7 Å². The van der Waals surface area contributed by atoms with Gasteiger partial charge in [0.2, 0.25) is 0 Å². The fourth-order valence-corrected chi connectivity index (χ4v) is 8.55. The second-order valence-electron chi connectivity index (χ2n) is 11.8. The van der Waals surface area contributed by atoms with Gasteiger partial charge in [0.15, 0.2) is 5.79 Å². The Morgan fingerprint density at radius 3 is 2.46 bits per heavy atom. The van der Waals surface area contributed by atoms with Crippen molar-refractivity contribution in [3.8, 4) is 0 Å². The highest BCUT2D eigenvalue weighted by atomic mass is 16.7. The molecule has 188 valence electrons. The van der Waals surface area contributed by atoms with Crippen LogP contribution in [0.25, 0.3) is 0 Å². The minimum atomic E-state index is -0.465. The molecule has 4 fully saturated rings. The number of benzene rings is 1. The number of non-ortho nitro benzene ring substituents is 1. The van der Waals surface area contributed by atoms with Gasteiger partial charge in [-0.15, -0.1) is 0 Å². The van der Waals surface area contributed by atoms with Crippen LogP contribution in [0.4, 0.5) is 5.69 Å². The van der Waals surface area contributed by atoms with Gasteiger partial charge in [0.1, 0.15) is 6.10 Å². The van der Waals surface area contributed by atoms with Crippen molar-refractivity contribution in [2.24, 2.45) is 28.6 Å². The van der Waals surface area contributed by atoms with E-state index >= 15 is 0 Å². The Morgan fingerprint density at radius 2 is 1.74 bits per heavy atom. The van der Waals surface area contributed by atoms with Crippen molar-refractivity contribution in [1.29, 1.82) is 0 Å². The van der Waals surface area contributed by atoms with E-state index in [4.69, 9.17) is 14.2 Å².